The van der Waals surface area contributed by atoms with Gasteiger partial charge >= 0.3 is 0 Å². The fourth-order valence-corrected chi connectivity index (χ4v) is 2.13. The van der Waals surface area contributed by atoms with Crippen molar-refractivity contribution in [1.82, 2.24) is 9.55 Å². The molecule has 0 aliphatic rings. The molecule has 1 atom stereocenters. The molecule has 0 fully saturated rings. The van der Waals surface area contributed by atoms with E-state index >= 15 is 0 Å². The van der Waals surface area contributed by atoms with Gasteiger partial charge in [-0.25, -0.2) is 4.98 Å². The molecule has 0 aliphatic heterocycles. The molecule has 0 spiro atoms. The molecular weight excluding hydrogens is 268 g/mol. The average Bonchev–Trinajstić information content (AvgIpc) is 2.92. The molecule has 1 aromatic carbocycles. The summed E-state index contributed by atoms with van der Waals surface area (Å²) in [6.45, 7) is 5.21. The Hall–Kier alpha value is -2.01. The maximum absolute atomic E-state index is 9.60. The van der Waals surface area contributed by atoms with Crippen molar-refractivity contribution >= 4 is 0 Å². The first-order valence-electron chi connectivity index (χ1n) is 7.13. The van der Waals surface area contributed by atoms with Crippen LogP contribution in [0.2, 0.25) is 0 Å². The first-order valence-corrected chi connectivity index (χ1v) is 7.13. The third kappa shape index (κ3) is 3.76. The van der Waals surface area contributed by atoms with Gasteiger partial charge in [0.2, 0.25) is 0 Å². The van der Waals surface area contributed by atoms with Crippen LogP contribution in [-0.4, -0.2) is 21.8 Å². The lowest BCUT2D eigenvalue weighted by molar-refractivity contribution is 0.198. The summed E-state index contributed by atoms with van der Waals surface area (Å²) in [5, 5.41) is 9.60. The quantitative estimate of drug-likeness (QED) is 0.852. The van der Waals surface area contributed by atoms with Crippen LogP contribution < -0.4 is 9.47 Å². The molecule has 21 heavy (non-hydrogen) atoms. The van der Waals surface area contributed by atoms with E-state index in [0.29, 0.717) is 18.1 Å². The smallest absolute Gasteiger partial charge is 0.161 e. The van der Waals surface area contributed by atoms with E-state index in [9.17, 15) is 5.11 Å². The summed E-state index contributed by atoms with van der Waals surface area (Å²) in [6, 6.07) is 5.45. The number of aliphatic hydroxyl groups is 1. The molecule has 2 rings (SSSR count). The summed E-state index contributed by atoms with van der Waals surface area (Å²) in [6.07, 6.45) is 4.15. The number of aromatic nitrogens is 2. The zero-order valence-electron chi connectivity index (χ0n) is 12.7. The van der Waals surface area contributed by atoms with Crippen molar-refractivity contribution in [3.8, 4) is 11.5 Å². The molecule has 1 aromatic heterocycles. The number of ether oxygens (including phenoxy) is 2. The topological polar surface area (TPSA) is 56.5 Å². The van der Waals surface area contributed by atoms with Crippen molar-refractivity contribution in [2.24, 2.45) is 0 Å². The van der Waals surface area contributed by atoms with Crippen LogP contribution in [0.3, 0.4) is 0 Å². The summed E-state index contributed by atoms with van der Waals surface area (Å²) >= 11 is 0. The summed E-state index contributed by atoms with van der Waals surface area (Å²) in [5.74, 6) is 1.28. The highest BCUT2D eigenvalue weighted by molar-refractivity contribution is 5.43. The van der Waals surface area contributed by atoms with E-state index in [1.807, 2.05) is 24.7 Å². The number of methoxy groups -OCH3 is 1. The predicted octanol–water partition coefficient (Wildman–Crippen LogP) is 2.93. The first kappa shape index (κ1) is 15.4. The Morgan fingerprint density at radius 2 is 2.14 bits per heavy atom. The number of benzene rings is 1. The second kappa shape index (κ2) is 7.13. The van der Waals surface area contributed by atoms with E-state index in [1.165, 1.54) is 0 Å². The van der Waals surface area contributed by atoms with Gasteiger partial charge in [-0.3, -0.25) is 0 Å². The minimum atomic E-state index is -0.529. The van der Waals surface area contributed by atoms with E-state index in [-0.39, 0.29) is 0 Å². The van der Waals surface area contributed by atoms with Crippen molar-refractivity contribution in [2.75, 3.05) is 7.11 Å². The standard InChI is InChI=1S/C16H22N2O3/c1-4-7-18-11-17-9-14(18)10-21-15-6-5-13(12(2)19)8-16(15)20-3/h5-6,8-9,11-12,19H,4,7,10H2,1-3H3. The molecule has 0 aliphatic carbocycles. The van der Waals surface area contributed by atoms with Crippen LogP contribution in [0.5, 0.6) is 11.5 Å². The number of hydrogen-bond donors (Lipinski definition) is 1. The monoisotopic (exact) mass is 290 g/mol. The second-order valence-corrected chi connectivity index (χ2v) is 4.95. The van der Waals surface area contributed by atoms with Gasteiger partial charge in [-0.2, -0.15) is 0 Å². The highest BCUT2D eigenvalue weighted by Gasteiger charge is 2.10. The number of hydrogen-bond acceptors (Lipinski definition) is 4. The molecule has 2 aromatic rings. The van der Waals surface area contributed by atoms with Crippen molar-refractivity contribution in [1.29, 1.82) is 0 Å². The zero-order chi connectivity index (χ0) is 15.2. The molecule has 0 saturated heterocycles. The van der Waals surface area contributed by atoms with Crippen molar-refractivity contribution in [3.05, 3.63) is 42.0 Å². The molecule has 0 bridgehead atoms. The van der Waals surface area contributed by atoms with E-state index in [4.69, 9.17) is 9.47 Å². The largest absolute Gasteiger partial charge is 0.493 e. The maximum Gasteiger partial charge on any atom is 0.161 e. The molecule has 114 valence electrons. The minimum absolute atomic E-state index is 0.435. The van der Waals surface area contributed by atoms with Gasteiger partial charge in [-0.15, -0.1) is 0 Å². The van der Waals surface area contributed by atoms with Crippen LogP contribution >= 0.6 is 0 Å². The molecule has 5 heteroatoms. The van der Waals surface area contributed by atoms with Gasteiger partial charge in [-0.05, 0) is 31.0 Å². The van der Waals surface area contributed by atoms with Gasteiger partial charge in [0.05, 0.1) is 31.4 Å². The Labute approximate surface area is 125 Å². The number of nitrogens with zero attached hydrogens (tertiary/aromatic N) is 2. The predicted molar refractivity (Wildman–Crippen MR) is 80.5 cm³/mol. The number of imidazole rings is 1. The van der Waals surface area contributed by atoms with E-state index < -0.39 is 6.10 Å². The highest BCUT2D eigenvalue weighted by Crippen LogP contribution is 2.30. The fourth-order valence-electron chi connectivity index (χ4n) is 2.13. The Kier molecular flexibility index (Phi) is 5.22. The second-order valence-electron chi connectivity index (χ2n) is 4.95. The van der Waals surface area contributed by atoms with Gasteiger partial charge in [-0.1, -0.05) is 13.0 Å². The van der Waals surface area contributed by atoms with Gasteiger partial charge in [0.25, 0.3) is 0 Å². The summed E-state index contributed by atoms with van der Waals surface area (Å²) in [5.41, 5.74) is 1.83. The van der Waals surface area contributed by atoms with Crippen molar-refractivity contribution in [3.63, 3.8) is 0 Å². The van der Waals surface area contributed by atoms with Crippen LogP contribution in [0.25, 0.3) is 0 Å². The van der Waals surface area contributed by atoms with Crippen LogP contribution in [0.4, 0.5) is 0 Å². The lowest BCUT2D eigenvalue weighted by atomic mass is 10.1. The van der Waals surface area contributed by atoms with Crippen molar-refractivity contribution < 1.29 is 14.6 Å². The molecule has 1 N–H and O–H groups in total. The van der Waals surface area contributed by atoms with Crippen molar-refractivity contribution in [2.45, 2.75) is 39.5 Å². The van der Waals surface area contributed by atoms with Crippen LogP contribution in [0, 0.1) is 0 Å². The van der Waals surface area contributed by atoms with E-state index in [2.05, 4.69) is 16.5 Å². The van der Waals surface area contributed by atoms with Crippen LogP contribution in [0.1, 0.15) is 37.6 Å². The van der Waals surface area contributed by atoms with E-state index in [1.54, 1.807) is 20.1 Å². The molecule has 1 unspecified atom stereocenters. The fraction of sp³-hybridized carbons (Fsp3) is 0.438. The van der Waals surface area contributed by atoms with Crippen LogP contribution in [0.15, 0.2) is 30.7 Å². The normalized spacial score (nSPS) is 12.2. The Balaban J connectivity index is 2.10. The van der Waals surface area contributed by atoms with Gasteiger partial charge in [0, 0.05) is 6.54 Å². The highest BCUT2D eigenvalue weighted by atomic mass is 16.5. The SMILES string of the molecule is CCCn1cncc1COc1ccc(C(C)O)cc1OC. The third-order valence-electron chi connectivity index (χ3n) is 3.31. The molecular formula is C16H22N2O3. The minimum Gasteiger partial charge on any atom is -0.493 e. The Morgan fingerprint density at radius 3 is 2.81 bits per heavy atom. The molecule has 1 heterocycles. The summed E-state index contributed by atoms with van der Waals surface area (Å²) < 4.78 is 13.2. The molecule has 5 nitrogen and oxygen atoms in total. The lowest BCUT2D eigenvalue weighted by Gasteiger charge is -2.14. The first-order chi connectivity index (χ1) is 10.2. The molecule has 0 amide bonds. The number of rotatable bonds is 7. The molecule has 0 radical (unpaired) electrons. The Morgan fingerprint density at radius 1 is 1.33 bits per heavy atom. The van der Waals surface area contributed by atoms with Gasteiger partial charge < -0.3 is 19.1 Å². The zero-order valence-corrected chi connectivity index (χ0v) is 12.7. The summed E-state index contributed by atoms with van der Waals surface area (Å²) in [7, 11) is 1.59. The van der Waals surface area contributed by atoms with E-state index in [0.717, 1.165) is 24.2 Å². The third-order valence-corrected chi connectivity index (χ3v) is 3.31. The average molecular weight is 290 g/mol. The molecule has 0 saturated carbocycles. The maximum atomic E-state index is 9.60. The van der Waals surface area contributed by atoms with Gasteiger partial charge in [0.15, 0.2) is 11.5 Å². The Bertz CT molecular complexity index is 579. The number of aryl methyl sites for hydroxylation is 1. The summed E-state index contributed by atoms with van der Waals surface area (Å²) in [4.78, 5) is 4.15. The lowest BCUT2D eigenvalue weighted by Crippen LogP contribution is -2.05. The van der Waals surface area contributed by atoms with Crippen LogP contribution in [-0.2, 0) is 13.2 Å². The van der Waals surface area contributed by atoms with Gasteiger partial charge in [0.1, 0.15) is 6.61 Å². The number of aliphatic hydroxyl groups excluding tert-OH is 1.